The predicted molar refractivity (Wildman–Crippen MR) is 130 cm³/mol. The molecule has 0 bridgehead atoms. The zero-order valence-corrected chi connectivity index (χ0v) is 20.5. The average Bonchev–Trinajstić information content (AvgIpc) is 2.96. The largest absolute Gasteiger partial charge is 0.487 e. The van der Waals surface area contributed by atoms with Gasteiger partial charge in [-0.3, -0.25) is 19.3 Å². The van der Waals surface area contributed by atoms with Gasteiger partial charge in [0.1, 0.15) is 18.9 Å². The van der Waals surface area contributed by atoms with E-state index in [0.29, 0.717) is 32.6 Å². The van der Waals surface area contributed by atoms with Crippen LogP contribution in [0, 0.1) is 6.92 Å². The van der Waals surface area contributed by atoms with E-state index >= 15 is 0 Å². The molecule has 9 heteroatoms. The molecular weight excluding hydrogens is 548 g/mol. The highest BCUT2D eigenvalue weighted by Crippen LogP contribution is 2.37. The Morgan fingerprint density at radius 2 is 1.84 bits per heavy atom. The Kier molecular flexibility index (Phi) is 7.74. The van der Waals surface area contributed by atoms with Crippen molar-refractivity contribution in [3.05, 3.63) is 74.0 Å². The van der Waals surface area contributed by atoms with Gasteiger partial charge in [-0.2, -0.15) is 0 Å². The summed E-state index contributed by atoms with van der Waals surface area (Å²) < 4.78 is 6.96. The minimum atomic E-state index is -0.506. The van der Waals surface area contributed by atoms with E-state index in [4.69, 9.17) is 4.74 Å². The number of hydrogen-bond acceptors (Lipinski definition) is 5. The van der Waals surface area contributed by atoms with Crippen molar-refractivity contribution in [3.8, 4) is 5.75 Å². The van der Waals surface area contributed by atoms with Gasteiger partial charge in [0, 0.05) is 5.69 Å². The van der Waals surface area contributed by atoms with E-state index in [2.05, 4.69) is 43.8 Å². The van der Waals surface area contributed by atoms with Gasteiger partial charge < -0.3 is 10.1 Å². The lowest BCUT2D eigenvalue weighted by atomic mass is 10.2. The van der Waals surface area contributed by atoms with Gasteiger partial charge in [-0.05, 0) is 86.5 Å². The molecule has 1 fully saturated rings. The molecule has 0 radical (unpaired) electrons. The Bertz CT molecular complexity index is 1060. The number of nitrogens with one attached hydrogen (secondary N) is 1. The summed E-state index contributed by atoms with van der Waals surface area (Å²) in [4.78, 5) is 38.5. The molecule has 0 aromatic heterocycles. The Morgan fingerprint density at radius 1 is 1.19 bits per heavy atom. The standard InChI is InChI=1S/C22H18Br2N2O4S/c1-3-8-30-20-16(23)9-14(10-17(20)24)11-18-21(28)26(22(29)31-18)12-19(27)25-15-6-4-13(2)5-7-15/h3-7,9-11H,1,8,12H2,2H3,(H,25,27)/b18-11-. The molecule has 1 saturated heterocycles. The van der Waals surface area contributed by atoms with E-state index in [1.54, 1.807) is 36.4 Å². The number of carbonyl (C=O) groups is 3. The number of nitrogens with zero attached hydrogens (tertiary/aromatic N) is 1. The van der Waals surface area contributed by atoms with E-state index in [-0.39, 0.29) is 11.4 Å². The smallest absolute Gasteiger partial charge is 0.294 e. The van der Waals surface area contributed by atoms with Gasteiger partial charge in [0.05, 0.1) is 13.9 Å². The Balaban J connectivity index is 1.72. The van der Waals surface area contributed by atoms with Crippen LogP contribution >= 0.6 is 43.6 Å². The summed E-state index contributed by atoms with van der Waals surface area (Å²) in [6.45, 7) is 5.56. The third-order valence-corrected chi connectivity index (χ3v) is 6.26. The minimum Gasteiger partial charge on any atom is -0.487 e. The van der Waals surface area contributed by atoms with Crippen LogP contribution in [0.25, 0.3) is 6.08 Å². The van der Waals surface area contributed by atoms with Crippen molar-refractivity contribution in [1.82, 2.24) is 4.90 Å². The first-order valence-electron chi connectivity index (χ1n) is 9.13. The molecule has 3 rings (SSSR count). The zero-order chi connectivity index (χ0) is 22.5. The highest BCUT2D eigenvalue weighted by molar-refractivity contribution is 9.11. The monoisotopic (exact) mass is 564 g/mol. The number of amides is 3. The molecule has 1 N–H and O–H groups in total. The van der Waals surface area contributed by atoms with Crippen LogP contribution in [0.3, 0.4) is 0 Å². The summed E-state index contributed by atoms with van der Waals surface area (Å²) in [7, 11) is 0. The van der Waals surface area contributed by atoms with E-state index in [1.165, 1.54) is 0 Å². The number of halogens is 2. The molecule has 1 heterocycles. The van der Waals surface area contributed by atoms with Crippen LogP contribution < -0.4 is 10.1 Å². The SMILES string of the molecule is C=CCOc1c(Br)cc(/C=C2\SC(=O)N(CC(=O)Nc3ccc(C)cc3)C2=O)cc1Br. The number of hydrogen-bond donors (Lipinski definition) is 1. The first kappa shape index (κ1) is 23.3. The second-order valence-corrected chi connectivity index (χ2v) is 9.30. The van der Waals surface area contributed by atoms with E-state index in [0.717, 1.165) is 22.2 Å². The maximum absolute atomic E-state index is 12.7. The molecule has 1 aliphatic rings. The third kappa shape index (κ3) is 5.87. The number of thioether (sulfide) groups is 1. The van der Waals surface area contributed by atoms with Crippen LogP contribution in [0.15, 0.2) is 62.9 Å². The maximum atomic E-state index is 12.7. The number of rotatable bonds is 7. The second kappa shape index (κ2) is 10.3. The van der Waals surface area contributed by atoms with Gasteiger partial charge in [0.2, 0.25) is 5.91 Å². The first-order valence-corrected chi connectivity index (χ1v) is 11.5. The number of ether oxygens (including phenoxy) is 1. The van der Waals surface area contributed by atoms with Gasteiger partial charge in [0.15, 0.2) is 0 Å². The first-order chi connectivity index (χ1) is 14.8. The fraction of sp³-hybridized carbons (Fsp3) is 0.136. The molecule has 1 aliphatic heterocycles. The normalized spacial score (nSPS) is 14.8. The number of benzene rings is 2. The summed E-state index contributed by atoms with van der Waals surface area (Å²) >= 11 is 7.69. The minimum absolute atomic E-state index is 0.242. The van der Waals surface area contributed by atoms with Crippen molar-refractivity contribution in [2.75, 3.05) is 18.5 Å². The van der Waals surface area contributed by atoms with E-state index < -0.39 is 17.1 Å². The fourth-order valence-corrected chi connectivity index (χ4v) is 5.00. The topological polar surface area (TPSA) is 75.7 Å². The quantitative estimate of drug-likeness (QED) is 0.341. The maximum Gasteiger partial charge on any atom is 0.294 e. The second-order valence-electron chi connectivity index (χ2n) is 6.60. The van der Waals surface area contributed by atoms with Crippen molar-refractivity contribution in [1.29, 1.82) is 0 Å². The average molecular weight is 566 g/mol. The molecule has 2 aromatic carbocycles. The summed E-state index contributed by atoms with van der Waals surface area (Å²) in [5.74, 6) is -0.340. The number of anilines is 1. The summed E-state index contributed by atoms with van der Waals surface area (Å²) in [5, 5.41) is 2.21. The number of carbonyl (C=O) groups excluding carboxylic acids is 3. The van der Waals surface area contributed by atoms with Crippen molar-refractivity contribution in [2.24, 2.45) is 0 Å². The molecule has 3 amide bonds. The molecule has 31 heavy (non-hydrogen) atoms. The Labute approximate surface area is 201 Å². The lowest BCUT2D eigenvalue weighted by Gasteiger charge is -2.12. The third-order valence-electron chi connectivity index (χ3n) is 4.17. The molecule has 0 spiro atoms. The summed E-state index contributed by atoms with van der Waals surface area (Å²) in [6, 6.07) is 10.8. The van der Waals surface area contributed by atoms with Gasteiger partial charge >= 0.3 is 0 Å². The summed E-state index contributed by atoms with van der Waals surface area (Å²) in [5.41, 5.74) is 2.36. The fourth-order valence-electron chi connectivity index (χ4n) is 2.71. The Morgan fingerprint density at radius 3 is 2.45 bits per heavy atom. The lowest BCUT2D eigenvalue weighted by Crippen LogP contribution is -2.36. The molecular formula is C22H18Br2N2O4S. The molecule has 0 atom stereocenters. The summed E-state index contributed by atoms with van der Waals surface area (Å²) in [6.07, 6.45) is 3.24. The number of imide groups is 1. The van der Waals surface area contributed by atoms with Crippen LogP contribution in [0.5, 0.6) is 5.75 Å². The van der Waals surface area contributed by atoms with Crippen LogP contribution in [0.4, 0.5) is 10.5 Å². The van der Waals surface area contributed by atoms with E-state index in [9.17, 15) is 14.4 Å². The molecule has 0 saturated carbocycles. The Hall–Kier alpha value is -2.36. The van der Waals surface area contributed by atoms with Crippen molar-refractivity contribution >= 4 is 72.4 Å². The molecule has 2 aromatic rings. The van der Waals surface area contributed by atoms with Crippen molar-refractivity contribution in [3.63, 3.8) is 0 Å². The molecule has 160 valence electrons. The van der Waals surface area contributed by atoms with Crippen LogP contribution in [-0.4, -0.2) is 35.1 Å². The highest BCUT2D eigenvalue weighted by Gasteiger charge is 2.36. The van der Waals surface area contributed by atoms with E-state index in [1.807, 2.05) is 19.1 Å². The van der Waals surface area contributed by atoms with Gasteiger partial charge in [-0.25, -0.2) is 0 Å². The zero-order valence-electron chi connectivity index (χ0n) is 16.5. The molecule has 0 unspecified atom stereocenters. The van der Waals surface area contributed by atoms with Crippen LogP contribution in [0.1, 0.15) is 11.1 Å². The molecule has 6 nitrogen and oxygen atoms in total. The predicted octanol–water partition coefficient (Wildman–Crippen LogP) is 5.76. The van der Waals surface area contributed by atoms with Crippen molar-refractivity contribution < 1.29 is 19.1 Å². The molecule has 0 aliphatic carbocycles. The van der Waals surface area contributed by atoms with Gasteiger partial charge in [-0.15, -0.1) is 0 Å². The van der Waals surface area contributed by atoms with Gasteiger partial charge in [-0.1, -0.05) is 30.4 Å². The highest BCUT2D eigenvalue weighted by atomic mass is 79.9. The van der Waals surface area contributed by atoms with Crippen LogP contribution in [0.2, 0.25) is 0 Å². The number of aryl methyl sites for hydroxylation is 1. The van der Waals surface area contributed by atoms with Gasteiger partial charge in [0.25, 0.3) is 11.1 Å². The lowest BCUT2D eigenvalue weighted by molar-refractivity contribution is -0.127. The van der Waals surface area contributed by atoms with Crippen molar-refractivity contribution in [2.45, 2.75) is 6.92 Å². The van der Waals surface area contributed by atoms with Crippen LogP contribution in [-0.2, 0) is 9.59 Å².